The Morgan fingerprint density at radius 3 is 2.21 bits per heavy atom. The van der Waals surface area contributed by atoms with E-state index < -0.39 is 30.4 Å². The van der Waals surface area contributed by atoms with E-state index in [9.17, 15) is 19.5 Å². The van der Waals surface area contributed by atoms with Gasteiger partial charge in [-0.1, -0.05) is 37.6 Å². The number of nitrogens with one attached hydrogen (secondary N) is 1. The Morgan fingerprint density at radius 1 is 1.04 bits per heavy atom. The Kier molecular flexibility index (Phi) is 14.0. The third-order valence-corrected chi connectivity index (χ3v) is 3.93. The number of amides is 1. The van der Waals surface area contributed by atoms with Gasteiger partial charge in [-0.2, -0.15) is 0 Å². The van der Waals surface area contributed by atoms with E-state index in [1.807, 2.05) is 13.8 Å². The third-order valence-electron chi connectivity index (χ3n) is 3.68. The molecule has 2 unspecified atom stereocenters. The molecular formula is C19H25ClNNaO6. The number of esters is 1. The third kappa shape index (κ3) is 10.9. The molecule has 2 atom stereocenters. The van der Waals surface area contributed by atoms with Gasteiger partial charge < -0.3 is 24.7 Å². The number of carbonyl (C=O) groups excluding carboxylic acids is 3. The second-order valence-corrected chi connectivity index (χ2v) is 6.46. The van der Waals surface area contributed by atoms with E-state index >= 15 is 0 Å². The van der Waals surface area contributed by atoms with Crippen LogP contribution in [0.15, 0.2) is 24.3 Å². The number of ether oxygens (including phenoxy) is 2. The van der Waals surface area contributed by atoms with Crippen LogP contribution in [-0.4, -0.2) is 24.3 Å². The Hall–Kier alpha value is -1.28. The van der Waals surface area contributed by atoms with Crippen LogP contribution in [0.25, 0.3) is 0 Å². The number of rotatable bonds is 11. The van der Waals surface area contributed by atoms with Gasteiger partial charge in [0.15, 0.2) is 0 Å². The predicted octanol–water partition coefficient (Wildman–Crippen LogP) is 0.111. The molecular weight excluding hydrogens is 397 g/mol. The number of carbonyl (C=O) groups is 3. The molecule has 9 heteroatoms. The minimum Gasteiger partial charge on any atom is -0.550 e. The average Bonchev–Trinajstić information content (AvgIpc) is 2.59. The summed E-state index contributed by atoms with van der Waals surface area (Å²) in [6, 6.07) is 6.05. The summed E-state index contributed by atoms with van der Waals surface area (Å²) in [5.41, 5.74) is 0.674. The van der Waals surface area contributed by atoms with Gasteiger partial charge in [0, 0.05) is 23.8 Å². The summed E-state index contributed by atoms with van der Waals surface area (Å²) in [7, 11) is 0. The number of hydrogen-bond donors (Lipinski definition) is 1. The first-order valence-corrected chi connectivity index (χ1v) is 9.35. The van der Waals surface area contributed by atoms with Gasteiger partial charge >= 0.3 is 41.6 Å². The summed E-state index contributed by atoms with van der Waals surface area (Å²) in [5, 5.41) is 13.9. The van der Waals surface area contributed by atoms with Gasteiger partial charge in [0.1, 0.15) is 0 Å². The molecule has 1 N–H and O–H groups in total. The number of carboxylic acids is 1. The molecule has 1 aromatic rings. The van der Waals surface area contributed by atoms with Crippen molar-refractivity contribution < 1.29 is 58.5 Å². The van der Waals surface area contributed by atoms with E-state index in [2.05, 4.69) is 5.32 Å². The van der Waals surface area contributed by atoms with Crippen molar-refractivity contribution in [1.82, 2.24) is 5.32 Å². The maximum Gasteiger partial charge on any atom is 1.00 e. The Balaban J connectivity index is 0.00000729. The fraction of sp³-hybridized carbons (Fsp3) is 0.526. The average molecular weight is 422 g/mol. The van der Waals surface area contributed by atoms with Crippen molar-refractivity contribution in [3.05, 3.63) is 34.9 Å². The zero-order chi connectivity index (χ0) is 20.2. The van der Waals surface area contributed by atoms with Gasteiger partial charge in [-0.3, -0.25) is 4.79 Å². The Bertz CT molecular complexity index is 625. The minimum atomic E-state index is -1.22. The Morgan fingerprint density at radius 2 is 1.68 bits per heavy atom. The second-order valence-electron chi connectivity index (χ2n) is 6.02. The van der Waals surface area contributed by atoms with Crippen LogP contribution in [0.4, 0.5) is 4.79 Å². The zero-order valence-electron chi connectivity index (χ0n) is 16.5. The van der Waals surface area contributed by atoms with E-state index in [4.69, 9.17) is 21.1 Å². The van der Waals surface area contributed by atoms with Gasteiger partial charge in [0.2, 0.25) is 6.29 Å². The Labute approximate surface area is 192 Å². The minimum absolute atomic E-state index is 0. The van der Waals surface area contributed by atoms with Crippen LogP contribution in [0.5, 0.6) is 0 Å². The molecule has 0 spiro atoms. The van der Waals surface area contributed by atoms with Crippen molar-refractivity contribution >= 4 is 29.6 Å². The molecule has 0 aliphatic heterocycles. The normalized spacial score (nSPS) is 12.2. The number of carboxylic acid groups (broad SMARTS) is 1. The first-order valence-electron chi connectivity index (χ1n) is 8.97. The summed E-state index contributed by atoms with van der Waals surface area (Å²) in [5.74, 6) is -1.66. The molecule has 1 aromatic carbocycles. The van der Waals surface area contributed by atoms with Gasteiger partial charge in [0.05, 0.1) is 6.04 Å². The van der Waals surface area contributed by atoms with Crippen molar-refractivity contribution in [3.8, 4) is 0 Å². The van der Waals surface area contributed by atoms with Crippen LogP contribution in [0, 0.1) is 0 Å². The topological polar surface area (TPSA) is 105 Å². The van der Waals surface area contributed by atoms with Crippen molar-refractivity contribution in [2.45, 2.75) is 64.7 Å². The molecule has 0 saturated heterocycles. The molecule has 7 nitrogen and oxygen atoms in total. The van der Waals surface area contributed by atoms with Gasteiger partial charge in [-0.25, -0.2) is 4.79 Å². The summed E-state index contributed by atoms with van der Waals surface area (Å²) in [6.07, 6.45) is -0.00595. The molecule has 0 radical (unpaired) electrons. The maximum absolute atomic E-state index is 12.2. The molecule has 0 bridgehead atoms. The largest absolute Gasteiger partial charge is 1.00 e. The fourth-order valence-corrected chi connectivity index (χ4v) is 2.49. The zero-order valence-corrected chi connectivity index (χ0v) is 19.3. The quantitative estimate of drug-likeness (QED) is 0.309. The molecule has 0 aromatic heterocycles. The van der Waals surface area contributed by atoms with Crippen LogP contribution in [0.3, 0.4) is 0 Å². The summed E-state index contributed by atoms with van der Waals surface area (Å²) < 4.78 is 10.4. The first-order chi connectivity index (χ1) is 12.8. The smallest absolute Gasteiger partial charge is 0.550 e. The van der Waals surface area contributed by atoms with Gasteiger partial charge in [0.25, 0.3) is 0 Å². The number of halogens is 1. The summed E-state index contributed by atoms with van der Waals surface area (Å²) in [4.78, 5) is 34.7. The van der Waals surface area contributed by atoms with Gasteiger partial charge in [-0.05, 0) is 43.4 Å². The molecule has 1 rings (SSSR count). The molecule has 150 valence electrons. The van der Waals surface area contributed by atoms with Crippen molar-refractivity contribution in [2.75, 3.05) is 0 Å². The molecule has 28 heavy (non-hydrogen) atoms. The molecule has 0 heterocycles. The number of aliphatic carboxylic acids is 1. The van der Waals surface area contributed by atoms with Crippen LogP contribution in [0.2, 0.25) is 5.02 Å². The molecule has 0 saturated carbocycles. The van der Waals surface area contributed by atoms with E-state index in [-0.39, 0.29) is 48.8 Å². The maximum atomic E-state index is 12.2. The number of alkyl carbamates (subject to hydrolysis) is 1. The van der Waals surface area contributed by atoms with Crippen LogP contribution < -0.4 is 40.0 Å². The monoisotopic (exact) mass is 421 g/mol. The van der Waals surface area contributed by atoms with E-state index in [1.54, 1.807) is 24.3 Å². The van der Waals surface area contributed by atoms with Crippen LogP contribution >= 0.6 is 11.6 Å². The van der Waals surface area contributed by atoms with Crippen molar-refractivity contribution in [2.24, 2.45) is 0 Å². The molecule has 0 aliphatic rings. The molecule has 1 amide bonds. The van der Waals surface area contributed by atoms with Crippen LogP contribution in [0.1, 0.15) is 64.0 Å². The second kappa shape index (κ2) is 14.7. The fourth-order valence-electron chi connectivity index (χ4n) is 2.36. The summed E-state index contributed by atoms with van der Waals surface area (Å²) in [6.45, 7) is 3.72. The predicted molar refractivity (Wildman–Crippen MR) is 97.7 cm³/mol. The van der Waals surface area contributed by atoms with Crippen molar-refractivity contribution in [1.29, 1.82) is 0 Å². The van der Waals surface area contributed by atoms with Crippen molar-refractivity contribution in [3.63, 3.8) is 0 Å². The molecule has 0 aliphatic carbocycles. The van der Waals surface area contributed by atoms with Gasteiger partial charge in [-0.15, -0.1) is 0 Å². The van der Waals surface area contributed by atoms with E-state index in [0.29, 0.717) is 29.8 Å². The SMILES string of the molecule is CCCC(=O)OC(CCC)OC(=O)NC(CCC(=O)[O-])c1ccc(Cl)cc1.[Na+]. The molecule has 0 fully saturated rings. The first kappa shape index (κ1) is 26.7. The van der Waals surface area contributed by atoms with E-state index in [0.717, 1.165) is 0 Å². The van der Waals surface area contributed by atoms with E-state index in [1.165, 1.54) is 0 Å². The number of benzene rings is 1. The summed E-state index contributed by atoms with van der Waals surface area (Å²) >= 11 is 5.86. The van der Waals surface area contributed by atoms with Crippen LogP contribution in [-0.2, 0) is 19.1 Å². The standard InChI is InChI=1S/C19H26ClNO6.Na/c1-3-5-17(24)26-18(6-4-2)27-19(25)21-15(11-12-16(22)23)13-7-9-14(20)10-8-13;/h7-10,15,18H,3-6,11-12H2,1-2H3,(H,21,25)(H,22,23);/q;+1/p-1. The number of hydrogen-bond acceptors (Lipinski definition) is 6.